The summed E-state index contributed by atoms with van der Waals surface area (Å²) in [7, 11) is 0. The minimum absolute atomic E-state index is 0.183. The molecule has 0 spiro atoms. The van der Waals surface area contributed by atoms with Gasteiger partial charge in [-0.2, -0.15) is 0 Å². The summed E-state index contributed by atoms with van der Waals surface area (Å²) in [5, 5.41) is 13.2. The maximum Gasteiger partial charge on any atom is 0.275 e. The van der Waals surface area contributed by atoms with Crippen LogP contribution in [0.2, 0.25) is 0 Å². The van der Waals surface area contributed by atoms with Crippen LogP contribution in [0.4, 0.5) is 0 Å². The van der Waals surface area contributed by atoms with Crippen molar-refractivity contribution in [3.05, 3.63) is 0 Å². The lowest BCUT2D eigenvalue weighted by Gasteiger charge is -1.92. The predicted molar refractivity (Wildman–Crippen MR) is 29.9 cm³/mol. The second-order valence-corrected chi connectivity index (χ2v) is 1.77. The van der Waals surface area contributed by atoms with E-state index in [1.165, 1.54) is 0 Å². The fourth-order valence-corrected chi connectivity index (χ4v) is 0.618. The summed E-state index contributed by atoms with van der Waals surface area (Å²) < 4.78 is 0. The van der Waals surface area contributed by atoms with Crippen LogP contribution in [0.25, 0.3) is 0 Å². The van der Waals surface area contributed by atoms with E-state index in [-0.39, 0.29) is 5.11 Å². The number of hydrogen-bond donors (Lipinski definition) is 3. The quantitative estimate of drug-likeness (QED) is 0.344. The Hall–Kier alpha value is -0.680. The second kappa shape index (κ2) is 1.68. The molecule has 1 aliphatic heterocycles. The first-order chi connectivity index (χ1) is 3.70. The van der Waals surface area contributed by atoms with Crippen molar-refractivity contribution in [2.24, 2.45) is 0 Å². The van der Waals surface area contributed by atoms with E-state index in [0.717, 1.165) is 0 Å². The molecule has 5 heteroatoms. The Morgan fingerprint density at radius 1 is 1.75 bits per heavy atom. The summed E-state index contributed by atoms with van der Waals surface area (Å²) in [6.45, 7) is 0. The number of hydrogen-bond acceptors (Lipinski definition) is 3. The molecule has 1 unspecified atom stereocenters. The summed E-state index contributed by atoms with van der Waals surface area (Å²) in [5.74, 6) is -0.491. The highest BCUT2D eigenvalue weighted by atomic mass is 32.1. The van der Waals surface area contributed by atoms with Crippen LogP contribution in [0.5, 0.6) is 0 Å². The third-order valence-corrected chi connectivity index (χ3v) is 0.973. The van der Waals surface area contributed by atoms with Crippen molar-refractivity contribution in [3.8, 4) is 0 Å². The van der Waals surface area contributed by atoms with Gasteiger partial charge in [0.1, 0.15) is 0 Å². The van der Waals surface area contributed by atoms with E-state index in [2.05, 4.69) is 22.9 Å². The molecule has 1 aliphatic rings. The van der Waals surface area contributed by atoms with Crippen LogP contribution < -0.4 is 10.6 Å². The summed E-state index contributed by atoms with van der Waals surface area (Å²) >= 11 is 4.47. The van der Waals surface area contributed by atoms with Crippen LogP contribution in [0.3, 0.4) is 0 Å². The van der Waals surface area contributed by atoms with Gasteiger partial charge < -0.3 is 10.4 Å². The van der Waals surface area contributed by atoms with Gasteiger partial charge in [0, 0.05) is 0 Å². The molecule has 0 aromatic carbocycles. The normalized spacial score (nSPS) is 27.4. The van der Waals surface area contributed by atoms with E-state index in [4.69, 9.17) is 5.11 Å². The number of carbonyl (C=O) groups is 1. The molecule has 0 aromatic heterocycles. The zero-order valence-corrected chi connectivity index (χ0v) is 4.66. The molecule has 1 atom stereocenters. The van der Waals surface area contributed by atoms with Gasteiger partial charge in [-0.15, -0.1) is 0 Å². The molecule has 0 bridgehead atoms. The van der Waals surface area contributed by atoms with Gasteiger partial charge in [-0.1, -0.05) is 0 Å². The number of aliphatic hydroxyl groups is 1. The van der Waals surface area contributed by atoms with E-state index in [1.807, 2.05) is 0 Å². The fraction of sp³-hybridized carbons (Fsp3) is 0.333. The molecule has 4 nitrogen and oxygen atoms in total. The Kier molecular flexibility index (Phi) is 1.15. The summed E-state index contributed by atoms with van der Waals surface area (Å²) in [6, 6.07) is 0. The molecular formula is C3H4N2O2S. The molecule has 1 fully saturated rings. The SMILES string of the molecule is O=C1NC(=S)NC1O. The smallest absolute Gasteiger partial charge is 0.275 e. The summed E-state index contributed by atoms with van der Waals surface area (Å²) in [5.41, 5.74) is 0. The van der Waals surface area contributed by atoms with Crippen LogP contribution >= 0.6 is 12.2 Å². The van der Waals surface area contributed by atoms with Crippen LogP contribution in [0.1, 0.15) is 0 Å². The lowest BCUT2D eigenvalue weighted by Crippen LogP contribution is -2.27. The number of amides is 1. The van der Waals surface area contributed by atoms with E-state index >= 15 is 0 Å². The molecule has 1 rings (SSSR count). The molecule has 3 N–H and O–H groups in total. The highest BCUT2D eigenvalue weighted by molar-refractivity contribution is 7.80. The van der Waals surface area contributed by atoms with Gasteiger partial charge in [0.25, 0.3) is 5.91 Å². The standard InChI is InChI=1S/C3H4N2O2S/c6-1-2(7)5-3(8)4-1/h1,6H,(H2,4,5,7,8). The topological polar surface area (TPSA) is 61.4 Å². The van der Waals surface area contributed by atoms with Crippen molar-refractivity contribution in [2.45, 2.75) is 6.23 Å². The average Bonchev–Trinajstić information content (AvgIpc) is 1.85. The fourth-order valence-electron chi connectivity index (χ4n) is 0.406. The van der Waals surface area contributed by atoms with Crippen LogP contribution in [-0.4, -0.2) is 22.4 Å². The van der Waals surface area contributed by atoms with Crippen molar-refractivity contribution in [3.63, 3.8) is 0 Å². The first-order valence-electron chi connectivity index (χ1n) is 1.99. The van der Waals surface area contributed by atoms with Crippen LogP contribution in [0, 0.1) is 0 Å². The maximum absolute atomic E-state index is 10.3. The van der Waals surface area contributed by atoms with E-state index in [9.17, 15) is 4.79 Å². The number of rotatable bonds is 0. The van der Waals surface area contributed by atoms with Crippen molar-refractivity contribution >= 4 is 23.2 Å². The van der Waals surface area contributed by atoms with Crippen LogP contribution in [-0.2, 0) is 4.79 Å². The lowest BCUT2D eigenvalue weighted by atomic mass is 10.6. The average molecular weight is 132 g/mol. The number of carbonyl (C=O) groups excluding carboxylic acids is 1. The third-order valence-electron chi connectivity index (χ3n) is 0.753. The zero-order valence-electron chi connectivity index (χ0n) is 3.84. The van der Waals surface area contributed by atoms with Crippen molar-refractivity contribution < 1.29 is 9.90 Å². The van der Waals surface area contributed by atoms with Crippen molar-refractivity contribution in [1.82, 2.24) is 10.6 Å². The number of nitrogens with one attached hydrogen (secondary N) is 2. The van der Waals surface area contributed by atoms with Gasteiger partial charge in [-0.3, -0.25) is 10.1 Å². The van der Waals surface area contributed by atoms with Gasteiger partial charge in [-0.25, -0.2) is 0 Å². The maximum atomic E-state index is 10.3. The number of thiocarbonyl (C=S) groups is 1. The lowest BCUT2D eigenvalue weighted by molar-refractivity contribution is -0.126. The van der Waals surface area contributed by atoms with E-state index < -0.39 is 12.1 Å². The largest absolute Gasteiger partial charge is 0.365 e. The van der Waals surface area contributed by atoms with Crippen molar-refractivity contribution in [1.29, 1.82) is 0 Å². The van der Waals surface area contributed by atoms with Gasteiger partial charge >= 0.3 is 0 Å². The molecule has 1 saturated heterocycles. The molecule has 1 heterocycles. The van der Waals surface area contributed by atoms with E-state index in [0.29, 0.717) is 0 Å². The Morgan fingerprint density at radius 2 is 2.38 bits per heavy atom. The first kappa shape index (κ1) is 5.46. The highest BCUT2D eigenvalue weighted by Crippen LogP contribution is 1.85. The second-order valence-electron chi connectivity index (χ2n) is 1.37. The molecule has 0 radical (unpaired) electrons. The molecular weight excluding hydrogens is 128 g/mol. The minimum Gasteiger partial charge on any atom is -0.365 e. The van der Waals surface area contributed by atoms with Gasteiger partial charge in [0.05, 0.1) is 0 Å². The summed E-state index contributed by atoms with van der Waals surface area (Å²) in [6.07, 6.45) is -1.15. The number of aliphatic hydroxyl groups excluding tert-OH is 1. The predicted octanol–water partition coefficient (Wildman–Crippen LogP) is -1.69. The summed E-state index contributed by atoms with van der Waals surface area (Å²) in [4.78, 5) is 10.3. The van der Waals surface area contributed by atoms with Gasteiger partial charge in [0.2, 0.25) is 6.23 Å². The molecule has 1 amide bonds. The molecule has 0 aromatic rings. The van der Waals surface area contributed by atoms with Crippen molar-refractivity contribution in [2.75, 3.05) is 0 Å². The minimum atomic E-state index is -1.15. The monoisotopic (exact) mass is 132 g/mol. The van der Waals surface area contributed by atoms with E-state index in [1.54, 1.807) is 0 Å². The molecule has 44 valence electrons. The van der Waals surface area contributed by atoms with Gasteiger partial charge in [-0.05, 0) is 12.2 Å². The molecule has 0 saturated carbocycles. The van der Waals surface area contributed by atoms with Gasteiger partial charge in [0.15, 0.2) is 5.11 Å². The Bertz CT molecular complexity index is 146. The third kappa shape index (κ3) is 0.775. The Morgan fingerprint density at radius 3 is 2.50 bits per heavy atom. The molecule has 8 heavy (non-hydrogen) atoms. The Labute approximate surface area is 50.9 Å². The highest BCUT2D eigenvalue weighted by Gasteiger charge is 2.23. The van der Waals surface area contributed by atoms with Crippen LogP contribution in [0.15, 0.2) is 0 Å². The zero-order chi connectivity index (χ0) is 6.15. The first-order valence-corrected chi connectivity index (χ1v) is 2.40. The Balaban J connectivity index is 2.64. The molecule has 0 aliphatic carbocycles.